The van der Waals surface area contributed by atoms with Crippen molar-refractivity contribution < 1.29 is 36.6 Å². The fourth-order valence-corrected chi connectivity index (χ4v) is 14.5. The standard InChI is InChI=1S/C54H30O4.C24H15BO4.C6H4Br2.CH4/c1-3-8-31(9-4-1)35-14-18-47-39(23-35)43-27-53-45(29-51(43)55-47)41-25-37(16-20-49(41)57-53)33-12-7-13-34(22-33)38-17-21-50-42(26-38)46-30-52-44(28-54(46)58-50)40-24-36(15-19-48(40)56-52)32-10-5-2-6-11-32;26-25(27)16-7-9-22-18(11-16)20-13-23-19(12-24(20)29-22)17-10-15(6-8-21(17)28-23)14-4-2-1-3-5-14;7-5-2-1-3-6(8)4-5;/h1-30H;1-13,26-27H;1-4H;1H4. The molecule has 0 bridgehead atoms. The molecule has 96 heavy (non-hydrogen) atoms. The van der Waals surface area contributed by atoms with Crippen molar-refractivity contribution >= 4 is 176 Å². The molecule has 0 atom stereocenters. The van der Waals surface area contributed by atoms with Gasteiger partial charge in [-0.3, -0.25) is 0 Å². The average molecular weight is 1370 g/mol. The Morgan fingerprint density at radius 2 is 0.427 bits per heavy atom. The van der Waals surface area contributed by atoms with Gasteiger partial charge in [0.2, 0.25) is 0 Å². The third kappa shape index (κ3) is 10.4. The second-order valence-electron chi connectivity index (χ2n) is 23.9. The fraction of sp³-hybridized carbons (Fsp3) is 0.0118. The van der Waals surface area contributed by atoms with Crippen molar-refractivity contribution in [3.05, 3.63) is 294 Å². The van der Waals surface area contributed by atoms with Crippen LogP contribution >= 0.6 is 31.9 Å². The van der Waals surface area contributed by atoms with Crippen molar-refractivity contribution in [1.29, 1.82) is 0 Å². The first kappa shape index (κ1) is 58.6. The molecule has 0 saturated heterocycles. The monoisotopic (exact) mass is 1370 g/mol. The molecule has 6 heterocycles. The summed E-state index contributed by atoms with van der Waals surface area (Å²) in [5, 5.41) is 31.2. The maximum atomic E-state index is 9.49. The normalized spacial score (nSPS) is 11.7. The Labute approximate surface area is 565 Å². The van der Waals surface area contributed by atoms with E-state index >= 15 is 0 Å². The molecule has 20 aromatic rings. The number of hydrogen-bond acceptors (Lipinski definition) is 8. The summed E-state index contributed by atoms with van der Waals surface area (Å²) in [4.78, 5) is 0. The molecule has 0 aliphatic carbocycles. The van der Waals surface area contributed by atoms with E-state index in [0.717, 1.165) is 180 Å². The van der Waals surface area contributed by atoms with Crippen LogP contribution in [0.5, 0.6) is 0 Å². The first-order valence-electron chi connectivity index (χ1n) is 31.1. The quantitative estimate of drug-likeness (QED) is 0.158. The van der Waals surface area contributed by atoms with Gasteiger partial charge in [0.15, 0.2) is 0 Å². The van der Waals surface area contributed by atoms with Crippen LogP contribution in [0, 0.1) is 0 Å². The third-order valence-electron chi connectivity index (χ3n) is 18.1. The summed E-state index contributed by atoms with van der Waals surface area (Å²) in [6, 6.07) is 97.4. The van der Waals surface area contributed by atoms with Gasteiger partial charge in [-0.25, -0.2) is 0 Å². The third-order valence-corrected chi connectivity index (χ3v) is 19.1. The summed E-state index contributed by atoms with van der Waals surface area (Å²) in [7, 11) is -1.52. The van der Waals surface area contributed by atoms with Crippen molar-refractivity contribution in [3.63, 3.8) is 0 Å². The Hall–Kier alpha value is -11.2. The average Bonchev–Trinajstić information content (AvgIpc) is 1.60. The fourth-order valence-electron chi connectivity index (χ4n) is 13.4. The highest BCUT2D eigenvalue weighted by Crippen LogP contribution is 2.44. The first-order valence-corrected chi connectivity index (χ1v) is 32.7. The summed E-state index contributed by atoms with van der Waals surface area (Å²) in [6.45, 7) is 0. The second-order valence-corrected chi connectivity index (χ2v) is 25.8. The van der Waals surface area contributed by atoms with E-state index in [2.05, 4.69) is 226 Å². The van der Waals surface area contributed by atoms with Crippen molar-refractivity contribution in [3.8, 4) is 55.6 Å². The summed E-state index contributed by atoms with van der Waals surface area (Å²) < 4.78 is 40.1. The van der Waals surface area contributed by atoms with Crippen LogP contribution in [0.4, 0.5) is 0 Å². The molecule has 11 heteroatoms. The van der Waals surface area contributed by atoms with Gasteiger partial charge < -0.3 is 36.6 Å². The van der Waals surface area contributed by atoms with E-state index in [9.17, 15) is 10.0 Å². The maximum Gasteiger partial charge on any atom is 0.488 e. The van der Waals surface area contributed by atoms with Crippen LogP contribution < -0.4 is 5.46 Å². The molecule has 0 aliphatic heterocycles. The lowest BCUT2D eigenvalue weighted by Crippen LogP contribution is -2.29. The SMILES string of the molecule is Brc1cccc(Br)c1.C.OB(O)c1ccc2oc3cc4c(cc3c2c1)oc1ccc(-c2ccccc2)cc14.c1ccc(-c2ccc3oc4cc5c(cc4c3c2)oc2ccc(-c3cccc(-c4ccc6oc7cc8c(cc7c6c4)oc4ccc(-c6ccccc6)cc48)c3)cc25)cc1. The van der Waals surface area contributed by atoms with Gasteiger partial charge in [-0.2, -0.15) is 0 Å². The van der Waals surface area contributed by atoms with Crippen molar-refractivity contribution in [2.75, 3.05) is 0 Å². The lowest BCUT2D eigenvalue weighted by Gasteiger charge is -2.07. The second kappa shape index (κ2) is 23.7. The largest absolute Gasteiger partial charge is 0.488 e. The number of benzene rings is 14. The smallest absolute Gasteiger partial charge is 0.456 e. The first-order chi connectivity index (χ1) is 46.6. The Bertz CT molecular complexity index is 6150. The summed E-state index contributed by atoms with van der Waals surface area (Å²) in [5.41, 5.74) is 21.7. The molecule has 0 aliphatic rings. The number of hydrogen-bond donors (Lipinski definition) is 2. The molecular formula is C85H53BBr2O8. The van der Waals surface area contributed by atoms with Crippen LogP contribution in [0.3, 0.4) is 0 Å². The minimum atomic E-state index is -1.52. The molecule has 14 aromatic carbocycles. The molecule has 8 nitrogen and oxygen atoms in total. The molecule has 0 amide bonds. The van der Waals surface area contributed by atoms with E-state index in [1.165, 1.54) is 11.1 Å². The zero-order chi connectivity index (χ0) is 63.4. The van der Waals surface area contributed by atoms with Gasteiger partial charge >= 0.3 is 7.12 Å². The van der Waals surface area contributed by atoms with Gasteiger partial charge in [0, 0.05) is 73.6 Å². The van der Waals surface area contributed by atoms with Crippen LogP contribution in [-0.4, -0.2) is 17.2 Å². The van der Waals surface area contributed by atoms with Crippen LogP contribution in [0.25, 0.3) is 187 Å². The van der Waals surface area contributed by atoms with Gasteiger partial charge in [-0.15, -0.1) is 0 Å². The highest BCUT2D eigenvalue weighted by Gasteiger charge is 2.21. The van der Waals surface area contributed by atoms with Crippen molar-refractivity contribution in [2.24, 2.45) is 0 Å². The zero-order valence-corrected chi connectivity index (χ0v) is 53.5. The highest BCUT2D eigenvalue weighted by molar-refractivity contribution is 9.11. The number of rotatable bonds is 6. The lowest BCUT2D eigenvalue weighted by atomic mass is 9.80. The lowest BCUT2D eigenvalue weighted by molar-refractivity contribution is 0.426. The molecule has 458 valence electrons. The molecule has 0 unspecified atom stereocenters. The Kier molecular flexibility index (Phi) is 14.5. The molecule has 20 rings (SSSR count). The van der Waals surface area contributed by atoms with Crippen LogP contribution in [0.1, 0.15) is 7.43 Å². The van der Waals surface area contributed by atoms with Gasteiger partial charge in [-0.1, -0.05) is 197 Å². The van der Waals surface area contributed by atoms with Crippen LogP contribution in [0.2, 0.25) is 0 Å². The Balaban J connectivity index is 0.000000152. The van der Waals surface area contributed by atoms with E-state index in [1.54, 1.807) is 18.2 Å². The number of halogens is 2. The molecule has 0 fully saturated rings. The summed E-state index contributed by atoms with van der Waals surface area (Å²) in [5.74, 6) is 0. The predicted octanol–water partition coefficient (Wildman–Crippen LogP) is 24.6. The summed E-state index contributed by atoms with van der Waals surface area (Å²) >= 11 is 6.66. The molecule has 0 saturated carbocycles. The molecule has 0 spiro atoms. The van der Waals surface area contributed by atoms with Gasteiger partial charge in [0.25, 0.3) is 0 Å². The van der Waals surface area contributed by atoms with E-state index in [0.29, 0.717) is 11.0 Å². The van der Waals surface area contributed by atoms with E-state index in [-0.39, 0.29) is 7.43 Å². The zero-order valence-electron chi connectivity index (χ0n) is 50.3. The van der Waals surface area contributed by atoms with E-state index in [1.807, 2.05) is 72.8 Å². The molecule has 2 N–H and O–H groups in total. The van der Waals surface area contributed by atoms with Gasteiger partial charge in [-0.05, 0) is 188 Å². The maximum absolute atomic E-state index is 9.49. The van der Waals surface area contributed by atoms with Crippen LogP contribution in [0.15, 0.2) is 321 Å². The van der Waals surface area contributed by atoms with E-state index in [4.69, 9.17) is 26.5 Å². The number of furan rings is 6. The van der Waals surface area contributed by atoms with Crippen molar-refractivity contribution in [1.82, 2.24) is 0 Å². The summed E-state index contributed by atoms with van der Waals surface area (Å²) in [6.07, 6.45) is 0. The molecule has 6 aromatic heterocycles. The minimum Gasteiger partial charge on any atom is -0.456 e. The minimum absolute atomic E-state index is 0. The molecule has 0 radical (unpaired) electrons. The Morgan fingerprint density at radius 3 is 0.698 bits per heavy atom. The predicted molar refractivity (Wildman–Crippen MR) is 402 cm³/mol. The topological polar surface area (TPSA) is 119 Å². The van der Waals surface area contributed by atoms with E-state index < -0.39 is 7.12 Å². The van der Waals surface area contributed by atoms with Crippen molar-refractivity contribution in [2.45, 2.75) is 7.43 Å². The van der Waals surface area contributed by atoms with Gasteiger partial charge in [0.05, 0.1) is 0 Å². The Morgan fingerprint density at radius 1 is 0.198 bits per heavy atom. The van der Waals surface area contributed by atoms with Gasteiger partial charge in [0.1, 0.15) is 67.0 Å². The number of fused-ring (bicyclic) bond motifs is 18. The van der Waals surface area contributed by atoms with Crippen LogP contribution in [-0.2, 0) is 0 Å². The molecular weight excluding hydrogens is 1320 g/mol. The highest BCUT2D eigenvalue weighted by atomic mass is 79.9.